The van der Waals surface area contributed by atoms with Crippen molar-refractivity contribution in [3.05, 3.63) is 28.2 Å². The molecule has 0 bridgehead atoms. The number of amides is 1. The number of hydrogen-bond donors (Lipinski definition) is 1. The van der Waals surface area contributed by atoms with Crippen LogP contribution in [0, 0.1) is 0 Å². The van der Waals surface area contributed by atoms with Gasteiger partial charge in [0, 0.05) is 10.9 Å². The van der Waals surface area contributed by atoms with Gasteiger partial charge in [-0.25, -0.2) is 9.59 Å². The van der Waals surface area contributed by atoms with Gasteiger partial charge in [-0.05, 0) is 51.8 Å². The molecule has 1 amide bonds. The number of hydrogen-bond acceptors (Lipinski definition) is 6. The Balaban J connectivity index is 1.77. The first-order chi connectivity index (χ1) is 14.1. The molecule has 0 saturated heterocycles. The Kier molecular flexibility index (Phi) is 6.75. The highest BCUT2D eigenvalue weighted by Crippen LogP contribution is 2.33. The summed E-state index contributed by atoms with van der Waals surface area (Å²) < 4.78 is 17.5. The van der Waals surface area contributed by atoms with Crippen molar-refractivity contribution in [1.82, 2.24) is 5.32 Å². The van der Waals surface area contributed by atoms with Gasteiger partial charge >= 0.3 is 12.1 Å². The molecule has 1 aromatic carbocycles. The zero-order valence-corrected chi connectivity index (χ0v) is 19.2. The molecule has 0 aromatic heterocycles. The van der Waals surface area contributed by atoms with E-state index in [2.05, 4.69) is 21.2 Å². The SMILES string of the molecule is CC(C)(C)OC(=O)NC1(C(=O)OC2CCOc3cc(Br)ccc3C2=O)CCCCC1. The van der Waals surface area contributed by atoms with E-state index in [0.29, 0.717) is 24.2 Å². The maximum absolute atomic E-state index is 13.2. The second kappa shape index (κ2) is 8.96. The number of ether oxygens (including phenoxy) is 3. The number of esters is 1. The molecule has 1 atom stereocenters. The number of carbonyl (C=O) groups excluding carboxylic acids is 3. The van der Waals surface area contributed by atoms with Crippen LogP contribution in [0.15, 0.2) is 22.7 Å². The third-order valence-electron chi connectivity index (χ3n) is 5.23. The maximum Gasteiger partial charge on any atom is 0.408 e. The van der Waals surface area contributed by atoms with E-state index in [1.165, 1.54) is 0 Å². The molecule has 3 rings (SSSR count). The van der Waals surface area contributed by atoms with E-state index in [9.17, 15) is 14.4 Å². The van der Waals surface area contributed by atoms with Gasteiger partial charge < -0.3 is 19.5 Å². The number of benzene rings is 1. The molecular weight excluding hydrogens is 454 g/mol. The topological polar surface area (TPSA) is 90.9 Å². The summed E-state index contributed by atoms with van der Waals surface area (Å²) in [5.41, 5.74) is -1.49. The van der Waals surface area contributed by atoms with Crippen molar-refractivity contribution in [1.29, 1.82) is 0 Å². The number of Topliss-reactive ketones (excluding diaryl/α,β-unsaturated/α-hetero) is 1. The first-order valence-electron chi connectivity index (χ1n) is 10.3. The van der Waals surface area contributed by atoms with Gasteiger partial charge in [0.1, 0.15) is 16.9 Å². The quantitative estimate of drug-likeness (QED) is 0.636. The summed E-state index contributed by atoms with van der Waals surface area (Å²) >= 11 is 3.37. The largest absolute Gasteiger partial charge is 0.493 e. The van der Waals surface area contributed by atoms with Crippen LogP contribution in [0.4, 0.5) is 4.79 Å². The summed E-state index contributed by atoms with van der Waals surface area (Å²) in [5, 5.41) is 2.75. The van der Waals surface area contributed by atoms with E-state index in [1.807, 2.05) is 0 Å². The van der Waals surface area contributed by atoms with Gasteiger partial charge in [-0.1, -0.05) is 35.2 Å². The second-order valence-corrected chi connectivity index (χ2v) is 9.72. The maximum atomic E-state index is 13.2. The average Bonchev–Trinajstić information content (AvgIpc) is 2.79. The lowest BCUT2D eigenvalue weighted by Crippen LogP contribution is -2.58. The summed E-state index contributed by atoms with van der Waals surface area (Å²) in [7, 11) is 0. The van der Waals surface area contributed by atoms with Gasteiger partial charge in [-0.15, -0.1) is 0 Å². The van der Waals surface area contributed by atoms with Gasteiger partial charge in [0.05, 0.1) is 12.2 Å². The number of fused-ring (bicyclic) bond motifs is 1. The minimum absolute atomic E-state index is 0.249. The van der Waals surface area contributed by atoms with Gasteiger partial charge in [-0.3, -0.25) is 4.79 Å². The zero-order valence-electron chi connectivity index (χ0n) is 17.6. The van der Waals surface area contributed by atoms with Gasteiger partial charge in [0.15, 0.2) is 6.10 Å². The first kappa shape index (κ1) is 22.6. The average molecular weight is 482 g/mol. The number of carbonyl (C=O) groups is 3. The smallest absolute Gasteiger partial charge is 0.408 e. The number of nitrogens with one attached hydrogen (secondary N) is 1. The van der Waals surface area contributed by atoms with E-state index in [0.717, 1.165) is 23.7 Å². The van der Waals surface area contributed by atoms with E-state index in [-0.39, 0.29) is 18.8 Å². The third kappa shape index (κ3) is 5.33. The van der Waals surface area contributed by atoms with Crippen LogP contribution in [0.5, 0.6) is 5.75 Å². The molecule has 1 aliphatic heterocycles. The van der Waals surface area contributed by atoms with Gasteiger partial charge in [0.25, 0.3) is 0 Å². The molecule has 1 heterocycles. The van der Waals surface area contributed by atoms with Crippen LogP contribution in [-0.4, -0.2) is 41.7 Å². The fourth-order valence-corrected chi connectivity index (χ4v) is 4.13. The molecular formula is C22H28BrNO6. The van der Waals surface area contributed by atoms with E-state index in [4.69, 9.17) is 14.2 Å². The molecule has 1 aromatic rings. The first-order valence-corrected chi connectivity index (χ1v) is 11.1. The third-order valence-corrected chi connectivity index (χ3v) is 5.72. The Labute approximate surface area is 185 Å². The van der Waals surface area contributed by atoms with Crippen molar-refractivity contribution >= 4 is 33.8 Å². The van der Waals surface area contributed by atoms with E-state index >= 15 is 0 Å². The lowest BCUT2D eigenvalue weighted by Gasteiger charge is -2.36. The molecule has 0 spiro atoms. The molecule has 1 fully saturated rings. The summed E-state index contributed by atoms with van der Waals surface area (Å²) in [5.74, 6) is -0.425. The standard InChI is InChI=1S/C22H28BrNO6/c1-21(2,3)30-20(27)24-22(10-5-4-6-11-22)19(26)29-16-9-12-28-17-13-14(23)7-8-15(17)18(16)25/h7-8,13,16H,4-6,9-12H2,1-3H3,(H,24,27). The van der Waals surface area contributed by atoms with Crippen LogP contribution in [-0.2, 0) is 14.3 Å². The molecule has 1 saturated carbocycles. The number of rotatable bonds is 3. The molecule has 164 valence electrons. The number of ketones is 1. The van der Waals surface area contributed by atoms with Crippen molar-refractivity contribution in [3.8, 4) is 5.75 Å². The molecule has 0 radical (unpaired) electrons. The van der Waals surface area contributed by atoms with Crippen molar-refractivity contribution in [2.24, 2.45) is 0 Å². The monoisotopic (exact) mass is 481 g/mol. The van der Waals surface area contributed by atoms with E-state index < -0.39 is 29.3 Å². The van der Waals surface area contributed by atoms with Crippen molar-refractivity contribution in [2.75, 3.05) is 6.61 Å². The lowest BCUT2D eigenvalue weighted by atomic mass is 9.81. The Morgan fingerprint density at radius 3 is 2.57 bits per heavy atom. The summed E-state index contributed by atoms with van der Waals surface area (Å²) in [6.07, 6.45) is 2.07. The number of halogens is 1. The highest BCUT2D eigenvalue weighted by Gasteiger charge is 2.45. The summed E-state index contributed by atoms with van der Waals surface area (Å²) in [6.45, 7) is 5.54. The van der Waals surface area contributed by atoms with Crippen LogP contribution < -0.4 is 10.1 Å². The summed E-state index contributed by atoms with van der Waals surface area (Å²) in [4.78, 5) is 38.6. The molecule has 8 heteroatoms. The van der Waals surface area contributed by atoms with Gasteiger partial charge in [-0.2, -0.15) is 0 Å². The highest BCUT2D eigenvalue weighted by atomic mass is 79.9. The van der Waals surface area contributed by atoms with Crippen LogP contribution in [0.1, 0.15) is 69.7 Å². The van der Waals surface area contributed by atoms with Crippen molar-refractivity contribution in [2.45, 2.75) is 76.5 Å². The lowest BCUT2D eigenvalue weighted by molar-refractivity contribution is -0.157. The van der Waals surface area contributed by atoms with Crippen molar-refractivity contribution < 1.29 is 28.6 Å². The molecule has 7 nitrogen and oxygen atoms in total. The zero-order chi connectivity index (χ0) is 21.9. The van der Waals surface area contributed by atoms with E-state index in [1.54, 1.807) is 39.0 Å². The molecule has 1 aliphatic carbocycles. The minimum atomic E-state index is -1.18. The number of alkyl carbamates (subject to hydrolysis) is 1. The molecule has 30 heavy (non-hydrogen) atoms. The fourth-order valence-electron chi connectivity index (χ4n) is 3.79. The Hall–Kier alpha value is -2.09. The molecule has 2 aliphatic rings. The normalized spacial score (nSPS) is 20.9. The molecule has 1 N–H and O–H groups in total. The molecule has 1 unspecified atom stereocenters. The van der Waals surface area contributed by atoms with Crippen LogP contribution in [0.3, 0.4) is 0 Å². The Morgan fingerprint density at radius 1 is 1.20 bits per heavy atom. The predicted octanol–water partition coefficient (Wildman–Crippen LogP) is 4.55. The summed E-state index contributed by atoms with van der Waals surface area (Å²) in [6, 6.07) is 5.13. The Morgan fingerprint density at radius 2 is 1.90 bits per heavy atom. The Bertz CT molecular complexity index is 825. The predicted molar refractivity (Wildman–Crippen MR) is 114 cm³/mol. The van der Waals surface area contributed by atoms with Crippen LogP contribution >= 0.6 is 15.9 Å². The fraction of sp³-hybridized carbons (Fsp3) is 0.591. The second-order valence-electron chi connectivity index (χ2n) is 8.81. The van der Waals surface area contributed by atoms with Crippen LogP contribution in [0.25, 0.3) is 0 Å². The van der Waals surface area contributed by atoms with Crippen LogP contribution in [0.2, 0.25) is 0 Å². The van der Waals surface area contributed by atoms with Crippen molar-refractivity contribution in [3.63, 3.8) is 0 Å². The highest BCUT2D eigenvalue weighted by molar-refractivity contribution is 9.10. The van der Waals surface area contributed by atoms with Gasteiger partial charge in [0.2, 0.25) is 5.78 Å². The minimum Gasteiger partial charge on any atom is -0.493 e.